The standard InChI is InChI=1S/C17H14BrN3O4/c1-24-10-6-7-14(12(18)8-10)25-9-15(22)20-21-16-11-4-2-3-5-13(11)19-17(16)23/h2-8,19,23H,9H2,1H3. The fourth-order valence-corrected chi connectivity index (χ4v) is 2.69. The highest BCUT2D eigenvalue weighted by Gasteiger charge is 2.11. The average molecular weight is 404 g/mol. The topological polar surface area (TPSA) is 96.3 Å². The third-order valence-corrected chi connectivity index (χ3v) is 4.03. The van der Waals surface area contributed by atoms with E-state index in [1.54, 1.807) is 43.5 Å². The molecule has 1 aromatic heterocycles. The highest BCUT2D eigenvalue weighted by atomic mass is 79.9. The summed E-state index contributed by atoms with van der Waals surface area (Å²) < 4.78 is 11.2. The number of benzene rings is 2. The highest BCUT2D eigenvalue weighted by Crippen LogP contribution is 2.35. The summed E-state index contributed by atoms with van der Waals surface area (Å²) in [5, 5.41) is 18.0. The van der Waals surface area contributed by atoms with Crippen LogP contribution in [-0.2, 0) is 4.79 Å². The first kappa shape index (κ1) is 17.0. The molecule has 0 fully saturated rings. The number of aromatic hydroxyl groups is 1. The number of para-hydroxylation sites is 1. The van der Waals surface area contributed by atoms with Crippen LogP contribution in [0, 0.1) is 0 Å². The minimum atomic E-state index is -0.576. The summed E-state index contributed by atoms with van der Waals surface area (Å²) in [7, 11) is 1.56. The van der Waals surface area contributed by atoms with Crippen molar-refractivity contribution < 1.29 is 19.4 Å². The lowest BCUT2D eigenvalue weighted by Gasteiger charge is -2.07. The van der Waals surface area contributed by atoms with Gasteiger partial charge in [-0.05, 0) is 40.2 Å². The maximum atomic E-state index is 11.9. The Balaban J connectivity index is 1.68. The summed E-state index contributed by atoms with van der Waals surface area (Å²) in [5.41, 5.74) is 0.925. The minimum absolute atomic E-state index is 0.142. The van der Waals surface area contributed by atoms with Crippen molar-refractivity contribution in [1.29, 1.82) is 0 Å². The Bertz CT molecular complexity index is 952. The van der Waals surface area contributed by atoms with Crippen molar-refractivity contribution in [3.8, 4) is 17.4 Å². The van der Waals surface area contributed by atoms with E-state index in [2.05, 4.69) is 31.1 Å². The number of hydrogen-bond donors (Lipinski definition) is 2. The number of halogens is 1. The van der Waals surface area contributed by atoms with Crippen LogP contribution in [0.5, 0.6) is 17.4 Å². The Morgan fingerprint density at radius 3 is 2.84 bits per heavy atom. The van der Waals surface area contributed by atoms with E-state index < -0.39 is 5.91 Å². The van der Waals surface area contributed by atoms with Gasteiger partial charge in [0, 0.05) is 5.39 Å². The zero-order chi connectivity index (χ0) is 17.8. The molecule has 3 aromatic rings. The number of nitrogens with zero attached hydrogens (tertiary/aromatic N) is 2. The number of hydrogen-bond acceptors (Lipinski definition) is 5. The van der Waals surface area contributed by atoms with Crippen LogP contribution < -0.4 is 9.47 Å². The van der Waals surface area contributed by atoms with Crippen molar-refractivity contribution in [3.05, 3.63) is 46.9 Å². The Morgan fingerprint density at radius 1 is 1.28 bits per heavy atom. The van der Waals surface area contributed by atoms with Gasteiger partial charge in [-0.1, -0.05) is 18.2 Å². The SMILES string of the molecule is COc1ccc(OCC(=O)N=Nc2c(O)[nH]c3ccccc23)c(Br)c1. The number of aromatic nitrogens is 1. The molecule has 0 saturated heterocycles. The highest BCUT2D eigenvalue weighted by molar-refractivity contribution is 9.10. The molecule has 1 heterocycles. The molecule has 0 atom stereocenters. The number of carbonyl (C=O) groups excluding carboxylic acids is 1. The molecule has 3 rings (SSSR count). The van der Waals surface area contributed by atoms with Crippen LogP contribution in [0.2, 0.25) is 0 Å². The molecule has 25 heavy (non-hydrogen) atoms. The summed E-state index contributed by atoms with van der Waals surface area (Å²) in [4.78, 5) is 14.6. The molecule has 0 aliphatic rings. The van der Waals surface area contributed by atoms with Gasteiger partial charge in [0.25, 0.3) is 0 Å². The first-order chi connectivity index (χ1) is 12.1. The Kier molecular flexibility index (Phi) is 4.99. The molecule has 8 heteroatoms. The summed E-state index contributed by atoms with van der Waals surface area (Å²) in [5.74, 6) is 0.434. The third-order valence-electron chi connectivity index (χ3n) is 3.41. The van der Waals surface area contributed by atoms with Gasteiger partial charge >= 0.3 is 5.91 Å². The summed E-state index contributed by atoms with van der Waals surface area (Å²) >= 11 is 3.34. The van der Waals surface area contributed by atoms with Crippen molar-refractivity contribution in [2.24, 2.45) is 10.2 Å². The number of carbonyl (C=O) groups is 1. The lowest BCUT2D eigenvalue weighted by molar-refractivity contribution is -0.120. The van der Waals surface area contributed by atoms with E-state index in [1.165, 1.54) is 0 Å². The molecular weight excluding hydrogens is 390 g/mol. The van der Waals surface area contributed by atoms with Crippen LogP contribution in [0.4, 0.5) is 5.69 Å². The second-order valence-electron chi connectivity index (χ2n) is 5.05. The van der Waals surface area contributed by atoms with Gasteiger partial charge in [-0.15, -0.1) is 10.2 Å². The van der Waals surface area contributed by atoms with E-state index in [9.17, 15) is 9.90 Å². The zero-order valence-corrected chi connectivity index (χ0v) is 14.8. The molecule has 0 aliphatic heterocycles. The van der Waals surface area contributed by atoms with E-state index in [4.69, 9.17) is 9.47 Å². The van der Waals surface area contributed by atoms with Gasteiger partial charge in [0.05, 0.1) is 17.1 Å². The number of azo groups is 1. The zero-order valence-electron chi connectivity index (χ0n) is 13.2. The maximum absolute atomic E-state index is 11.9. The van der Waals surface area contributed by atoms with Crippen LogP contribution in [-0.4, -0.2) is 29.7 Å². The minimum Gasteiger partial charge on any atom is -0.497 e. The molecule has 1 amide bonds. The molecule has 7 nitrogen and oxygen atoms in total. The fourth-order valence-electron chi connectivity index (χ4n) is 2.21. The van der Waals surface area contributed by atoms with Gasteiger partial charge < -0.3 is 19.6 Å². The Labute approximate surface area is 151 Å². The largest absolute Gasteiger partial charge is 0.497 e. The normalized spacial score (nSPS) is 11.1. The van der Waals surface area contributed by atoms with E-state index in [1.807, 2.05) is 6.07 Å². The van der Waals surface area contributed by atoms with Crippen LogP contribution in [0.3, 0.4) is 0 Å². The summed E-state index contributed by atoms with van der Waals surface area (Å²) in [6.45, 7) is -0.280. The van der Waals surface area contributed by atoms with E-state index in [0.717, 1.165) is 0 Å². The van der Waals surface area contributed by atoms with Crippen molar-refractivity contribution in [1.82, 2.24) is 4.98 Å². The van der Waals surface area contributed by atoms with Crippen molar-refractivity contribution in [3.63, 3.8) is 0 Å². The molecule has 0 aliphatic carbocycles. The van der Waals surface area contributed by atoms with Crippen molar-refractivity contribution in [2.45, 2.75) is 0 Å². The number of rotatable bonds is 5. The number of aromatic amines is 1. The quantitative estimate of drug-likeness (QED) is 0.619. The number of fused-ring (bicyclic) bond motifs is 1. The van der Waals surface area contributed by atoms with Gasteiger partial charge in [-0.2, -0.15) is 0 Å². The van der Waals surface area contributed by atoms with Gasteiger partial charge in [-0.3, -0.25) is 4.79 Å². The van der Waals surface area contributed by atoms with E-state index in [-0.39, 0.29) is 18.2 Å². The number of ether oxygens (including phenoxy) is 2. The molecule has 0 saturated carbocycles. The van der Waals surface area contributed by atoms with Crippen LogP contribution in [0.15, 0.2) is 57.2 Å². The van der Waals surface area contributed by atoms with Gasteiger partial charge in [0.15, 0.2) is 12.3 Å². The number of H-pyrrole nitrogens is 1. The maximum Gasteiger partial charge on any atom is 0.302 e. The average Bonchev–Trinajstić information content (AvgIpc) is 2.94. The van der Waals surface area contributed by atoms with Crippen LogP contribution in [0.1, 0.15) is 0 Å². The van der Waals surface area contributed by atoms with E-state index >= 15 is 0 Å². The van der Waals surface area contributed by atoms with Gasteiger partial charge in [0.2, 0.25) is 5.88 Å². The second kappa shape index (κ2) is 7.35. The molecule has 2 aromatic carbocycles. The number of nitrogens with one attached hydrogen (secondary N) is 1. The van der Waals surface area contributed by atoms with Crippen molar-refractivity contribution >= 4 is 38.4 Å². The lowest BCUT2D eigenvalue weighted by atomic mass is 10.2. The predicted octanol–water partition coefficient (Wildman–Crippen LogP) is 4.33. The van der Waals surface area contributed by atoms with Gasteiger partial charge in [0.1, 0.15) is 11.5 Å². The van der Waals surface area contributed by atoms with E-state index in [0.29, 0.717) is 26.9 Å². The predicted molar refractivity (Wildman–Crippen MR) is 95.7 cm³/mol. The molecular formula is C17H14BrN3O4. The smallest absolute Gasteiger partial charge is 0.302 e. The van der Waals surface area contributed by atoms with Crippen LogP contribution >= 0.6 is 15.9 Å². The molecule has 2 N–H and O–H groups in total. The summed E-state index contributed by atoms with van der Waals surface area (Å²) in [6, 6.07) is 12.3. The Morgan fingerprint density at radius 2 is 2.08 bits per heavy atom. The van der Waals surface area contributed by atoms with Gasteiger partial charge in [-0.25, -0.2) is 0 Å². The molecule has 0 bridgehead atoms. The second-order valence-corrected chi connectivity index (χ2v) is 5.90. The van der Waals surface area contributed by atoms with Crippen LogP contribution in [0.25, 0.3) is 10.9 Å². The molecule has 0 spiro atoms. The van der Waals surface area contributed by atoms with Crippen molar-refractivity contribution in [2.75, 3.05) is 13.7 Å². The molecule has 0 radical (unpaired) electrons. The third kappa shape index (κ3) is 3.80. The lowest BCUT2D eigenvalue weighted by Crippen LogP contribution is -2.08. The first-order valence-corrected chi connectivity index (χ1v) is 8.08. The molecule has 128 valence electrons. The fraction of sp³-hybridized carbons (Fsp3) is 0.118. The Hall–Kier alpha value is -2.87. The number of amides is 1. The monoisotopic (exact) mass is 403 g/mol. The first-order valence-electron chi connectivity index (χ1n) is 7.29. The summed E-state index contributed by atoms with van der Waals surface area (Å²) in [6.07, 6.45) is 0. The number of methoxy groups -OCH3 is 1. The molecule has 0 unspecified atom stereocenters.